The largest absolute Gasteiger partial charge is 0.343 e. The molecule has 1 aromatic carbocycles. The van der Waals surface area contributed by atoms with Crippen molar-refractivity contribution < 1.29 is 4.79 Å². The smallest absolute Gasteiger partial charge is 0.225 e. The molecule has 3 nitrogen and oxygen atoms in total. The predicted octanol–water partition coefficient (Wildman–Crippen LogP) is 5.44. The molecule has 1 saturated heterocycles. The highest BCUT2D eigenvalue weighted by Gasteiger charge is 2.32. The standard InChI is InChI=1S/C23H35ClN2O.ClH/c1-18(23(27)25(2)21-9-4-3-5-10-21)19-12-15-26(16-13-19)17-14-20-8-6-7-11-22(20)24;/h6-8,11,18-19,21H,3-5,9-10,12-17H2,1-2H3;1H. The number of amides is 1. The summed E-state index contributed by atoms with van der Waals surface area (Å²) in [6, 6.07) is 8.61. The van der Waals surface area contributed by atoms with Gasteiger partial charge in [-0.15, -0.1) is 12.4 Å². The van der Waals surface area contributed by atoms with Gasteiger partial charge in [0.15, 0.2) is 0 Å². The Morgan fingerprint density at radius 1 is 1.14 bits per heavy atom. The van der Waals surface area contributed by atoms with Gasteiger partial charge in [0.1, 0.15) is 0 Å². The highest BCUT2D eigenvalue weighted by molar-refractivity contribution is 6.31. The van der Waals surface area contributed by atoms with Gasteiger partial charge in [0.25, 0.3) is 0 Å². The third kappa shape index (κ3) is 6.11. The van der Waals surface area contributed by atoms with E-state index >= 15 is 0 Å². The molecule has 0 radical (unpaired) electrons. The Morgan fingerprint density at radius 3 is 2.43 bits per heavy atom. The minimum atomic E-state index is 0. The summed E-state index contributed by atoms with van der Waals surface area (Å²) >= 11 is 6.27. The Bertz CT molecular complexity index is 610. The molecule has 0 spiro atoms. The van der Waals surface area contributed by atoms with Crippen LogP contribution in [0.1, 0.15) is 57.4 Å². The predicted molar refractivity (Wildman–Crippen MR) is 120 cm³/mol. The Morgan fingerprint density at radius 2 is 1.79 bits per heavy atom. The summed E-state index contributed by atoms with van der Waals surface area (Å²) in [4.78, 5) is 17.6. The molecule has 3 rings (SSSR count). The number of carbonyl (C=O) groups is 1. The van der Waals surface area contributed by atoms with E-state index in [1.54, 1.807) is 0 Å². The first-order valence-electron chi connectivity index (χ1n) is 10.8. The van der Waals surface area contributed by atoms with Crippen LogP contribution in [0, 0.1) is 11.8 Å². The normalized spacial score (nSPS) is 20.4. The second kappa shape index (κ2) is 11.4. The molecule has 0 bridgehead atoms. The summed E-state index contributed by atoms with van der Waals surface area (Å²) in [6.45, 7) is 5.41. The first kappa shape index (κ1) is 23.5. The van der Waals surface area contributed by atoms with E-state index in [0.717, 1.165) is 43.9 Å². The van der Waals surface area contributed by atoms with Crippen molar-refractivity contribution in [3.63, 3.8) is 0 Å². The maximum Gasteiger partial charge on any atom is 0.225 e. The van der Waals surface area contributed by atoms with E-state index in [1.165, 1.54) is 37.7 Å². The topological polar surface area (TPSA) is 23.6 Å². The molecule has 158 valence electrons. The van der Waals surface area contributed by atoms with E-state index in [4.69, 9.17) is 11.6 Å². The number of nitrogens with zero attached hydrogens (tertiary/aromatic N) is 2. The van der Waals surface area contributed by atoms with Gasteiger partial charge in [0, 0.05) is 30.6 Å². The van der Waals surface area contributed by atoms with Gasteiger partial charge in [-0.05, 0) is 62.7 Å². The number of piperidine rings is 1. The number of rotatable bonds is 6. The van der Waals surface area contributed by atoms with Crippen molar-refractivity contribution >= 4 is 29.9 Å². The Hall–Kier alpha value is -0.770. The van der Waals surface area contributed by atoms with E-state index in [9.17, 15) is 4.79 Å². The molecule has 1 aliphatic carbocycles. The first-order chi connectivity index (χ1) is 13.1. The zero-order valence-corrected chi connectivity index (χ0v) is 19.0. The van der Waals surface area contributed by atoms with Crippen LogP contribution in [0.3, 0.4) is 0 Å². The lowest BCUT2D eigenvalue weighted by Crippen LogP contribution is -2.45. The minimum absolute atomic E-state index is 0. The second-order valence-electron chi connectivity index (χ2n) is 8.55. The number of likely N-dealkylation sites (tertiary alicyclic amines) is 1. The molecule has 0 N–H and O–H groups in total. The lowest BCUT2D eigenvalue weighted by Gasteiger charge is -2.38. The van der Waals surface area contributed by atoms with Gasteiger partial charge in [-0.3, -0.25) is 4.79 Å². The molecule has 1 atom stereocenters. The fourth-order valence-electron chi connectivity index (χ4n) is 4.83. The number of carbonyl (C=O) groups excluding carboxylic acids is 1. The summed E-state index contributed by atoms with van der Waals surface area (Å²) in [7, 11) is 2.04. The number of hydrogen-bond donors (Lipinski definition) is 0. The summed E-state index contributed by atoms with van der Waals surface area (Å²) in [5.74, 6) is 1.05. The molecule has 28 heavy (non-hydrogen) atoms. The zero-order valence-electron chi connectivity index (χ0n) is 17.4. The highest BCUT2D eigenvalue weighted by Crippen LogP contribution is 2.29. The maximum absolute atomic E-state index is 13.0. The summed E-state index contributed by atoms with van der Waals surface area (Å²) in [5, 5.41) is 0.873. The highest BCUT2D eigenvalue weighted by atomic mass is 35.5. The Labute approximate surface area is 182 Å². The van der Waals surface area contributed by atoms with Crippen molar-refractivity contribution in [2.45, 2.75) is 64.3 Å². The third-order valence-corrected chi connectivity index (χ3v) is 7.22. The molecule has 0 aromatic heterocycles. The van der Waals surface area contributed by atoms with Crippen LogP contribution >= 0.6 is 24.0 Å². The SMILES string of the molecule is CC(C(=O)N(C)C1CCCCC1)C1CCN(CCc2ccccc2Cl)CC1.Cl. The number of benzene rings is 1. The molecule has 1 saturated carbocycles. The van der Waals surface area contributed by atoms with Crippen molar-refractivity contribution in [1.29, 1.82) is 0 Å². The Balaban J connectivity index is 0.00000280. The van der Waals surface area contributed by atoms with Crippen LogP contribution in [0.4, 0.5) is 0 Å². The minimum Gasteiger partial charge on any atom is -0.343 e. The van der Waals surface area contributed by atoms with Gasteiger partial charge >= 0.3 is 0 Å². The molecule has 1 aliphatic heterocycles. The number of halogens is 2. The van der Waals surface area contributed by atoms with Crippen molar-refractivity contribution in [2.24, 2.45) is 11.8 Å². The van der Waals surface area contributed by atoms with Crippen LogP contribution in [0.15, 0.2) is 24.3 Å². The van der Waals surface area contributed by atoms with Gasteiger partial charge in [0.05, 0.1) is 0 Å². The second-order valence-corrected chi connectivity index (χ2v) is 8.96. The molecule has 2 aliphatic rings. The number of hydrogen-bond acceptors (Lipinski definition) is 2. The van der Waals surface area contributed by atoms with Crippen molar-refractivity contribution in [1.82, 2.24) is 9.80 Å². The lowest BCUT2D eigenvalue weighted by molar-refractivity contribution is -0.138. The van der Waals surface area contributed by atoms with E-state index in [2.05, 4.69) is 28.9 Å². The zero-order chi connectivity index (χ0) is 19.2. The monoisotopic (exact) mass is 426 g/mol. The molecule has 1 aromatic rings. The van der Waals surface area contributed by atoms with Crippen LogP contribution in [0.5, 0.6) is 0 Å². The van der Waals surface area contributed by atoms with Crippen LogP contribution in [0.25, 0.3) is 0 Å². The van der Waals surface area contributed by atoms with Crippen molar-refractivity contribution in [2.75, 3.05) is 26.7 Å². The van der Waals surface area contributed by atoms with E-state index in [1.807, 2.05) is 19.2 Å². The van der Waals surface area contributed by atoms with Crippen LogP contribution in [-0.4, -0.2) is 48.4 Å². The molecule has 1 heterocycles. The van der Waals surface area contributed by atoms with Crippen molar-refractivity contribution in [3.05, 3.63) is 34.9 Å². The van der Waals surface area contributed by atoms with Crippen LogP contribution in [-0.2, 0) is 11.2 Å². The van der Waals surface area contributed by atoms with E-state index in [0.29, 0.717) is 17.9 Å². The summed E-state index contributed by atoms with van der Waals surface area (Å²) in [5.41, 5.74) is 1.24. The molecule has 1 amide bonds. The van der Waals surface area contributed by atoms with Gasteiger partial charge in [-0.2, -0.15) is 0 Å². The first-order valence-corrected chi connectivity index (χ1v) is 11.2. The van der Waals surface area contributed by atoms with E-state index in [-0.39, 0.29) is 18.3 Å². The molecule has 2 fully saturated rings. The van der Waals surface area contributed by atoms with Gasteiger partial charge in [0.2, 0.25) is 5.91 Å². The van der Waals surface area contributed by atoms with E-state index < -0.39 is 0 Å². The van der Waals surface area contributed by atoms with Crippen LogP contribution < -0.4 is 0 Å². The van der Waals surface area contributed by atoms with Gasteiger partial charge in [-0.25, -0.2) is 0 Å². The fraction of sp³-hybridized carbons (Fsp3) is 0.696. The molecular formula is C23H36Cl2N2O. The third-order valence-electron chi connectivity index (χ3n) is 6.85. The molecular weight excluding hydrogens is 391 g/mol. The van der Waals surface area contributed by atoms with Gasteiger partial charge < -0.3 is 9.80 Å². The maximum atomic E-state index is 13.0. The average molecular weight is 427 g/mol. The quantitative estimate of drug-likeness (QED) is 0.603. The molecule has 5 heteroatoms. The van der Waals surface area contributed by atoms with Gasteiger partial charge in [-0.1, -0.05) is 56.0 Å². The molecule has 1 unspecified atom stereocenters. The average Bonchev–Trinajstić information content (AvgIpc) is 2.72. The fourth-order valence-corrected chi connectivity index (χ4v) is 5.06. The lowest BCUT2D eigenvalue weighted by atomic mass is 9.83. The van der Waals surface area contributed by atoms with Crippen LogP contribution in [0.2, 0.25) is 5.02 Å². The summed E-state index contributed by atoms with van der Waals surface area (Å²) < 4.78 is 0. The summed E-state index contributed by atoms with van der Waals surface area (Å²) in [6.07, 6.45) is 9.54. The Kier molecular flexibility index (Phi) is 9.59. The van der Waals surface area contributed by atoms with Crippen molar-refractivity contribution in [3.8, 4) is 0 Å².